The number of nitrogen functional groups attached to an aromatic ring is 1. The molecule has 0 saturated carbocycles. The van der Waals surface area contributed by atoms with E-state index in [0.717, 1.165) is 10.7 Å². The Morgan fingerprint density at radius 1 is 1.15 bits per heavy atom. The first-order chi connectivity index (χ1) is 6.06. The maximum atomic E-state index is 11.3. The van der Waals surface area contributed by atoms with Crippen molar-refractivity contribution in [3.63, 3.8) is 0 Å². The fourth-order valence-corrected chi connectivity index (χ4v) is 3.02. The average Bonchev–Trinajstić information content (AvgIpc) is 2.10. The molecule has 0 atom stereocenters. The first-order valence-electron chi connectivity index (χ1n) is 3.21. The molecule has 0 aliphatic heterocycles. The minimum atomic E-state index is -0.251. The summed E-state index contributed by atoms with van der Waals surface area (Å²) in [6.07, 6.45) is 0. The van der Waals surface area contributed by atoms with Gasteiger partial charge in [-0.25, -0.2) is 5.84 Å². The van der Waals surface area contributed by atoms with E-state index in [1.54, 1.807) is 0 Å². The molecule has 0 aliphatic carbocycles. The van der Waals surface area contributed by atoms with E-state index in [2.05, 4.69) is 73.2 Å². The number of carbonyl (C=O) groups is 1. The van der Waals surface area contributed by atoms with Gasteiger partial charge in [-0.2, -0.15) is 0 Å². The number of benzene rings is 1. The van der Waals surface area contributed by atoms with Gasteiger partial charge < -0.3 is 0 Å². The van der Waals surface area contributed by atoms with Crippen molar-refractivity contribution in [3.8, 4) is 0 Å². The number of carbonyl (C=O) groups excluding carboxylic acids is 1. The molecule has 0 aliphatic rings. The van der Waals surface area contributed by atoms with Crippen LogP contribution in [0.5, 0.6) is 0 Å². The fraction of sp³-hybridized carbons (Fsp3) is 0. The number of nitrogens with one attached hydrogen (secondary N) is 1. The summed E-state index contributed by atoms with van der Waals surface area (Å²) in [5.41, 5.74) is 2.74. The van der Waals surface area contributed by atoms with E-state index in [4.69, 9.17) is 5.84 Å². The second kappa shape index (κ2) is 5.07. The van der Waals surface area contributed by atoms with Gasteiger partial charge in [0.15, 0.2) is 0 Å². The van der Waals surface area contributed by atoms with Crippen molar-refractivity contribution in [2.24, 2.45) is 5.84 Å². The van der Waals surface area contributed by atoms with Crippen molar-refractivity contribution in [1.82, 2.24) is 5.43 Å². The summed E-state index contributed by atoms with van der Waals surface area (Å²) in [5.74, 6) is 4.80. The third-order valence-electron chi connectivity index (χ3n) is 1.39. The molecule has 6 heteroatoms. The van der Waals surface area contributed by atoms with Gasteiger partial charge >= 0.3 is 0 Å². The molecule has 3 N–H and O–H groups in total. The van der Waals surface area contributed by atoms with E-state index < -0.39 is 0 Å². The lowest BCUT2D eigenvalue weighted by Gasteiger charge is -2.04. The highest BCUT2D eigenvalue weighted by Gasteiger charge is 2.10. The minimum Gasteiger partial charge on any atom is -0.290 e. The molecule has 0 fully saturated rings. The third-order valence-corrected chi connectivity index (χ3v) is 5.10. The van der Waals surface area contributed by atoms with Crippen molar-refractivity contribution in [3.05, 3.63) is 28.4 Å². The van der Waals surface area contributed by atoms with E-state index >= 15 is 0 Å². The third kappa shape index (κ3) is 2.89. The van der Waals surface area contributed by atoms with Crippen molar-refractivity contribution in [1.29, 1.82) is 0 Å². The van der Waals surface area contributed by atoms with E-state index in [1.165, 1.54) is 0 Å². The SMILES string of the molecule is NNC(=O)c1cc(I)c(I)cc1I. The lowest BCUT2D eigenvalue weighted by Crippen LogP contribution is -2.30. The summed E-state index contributed by atoms with van der Waals surface area (Å²) in [6, 6.07) is 3.78. The number of rotatable bonds is 1. The Balaban J connectivity index is 3.23. The molecular formula is C7H5I3N2O. The van der Waals surface area contributed by atoms with Crippen LogP contribution >= 0.6 is 67.8 Å². The molecule has 1 aromatic rings. The minimum absolute atomic E-state index is 0.251. The van der Waals surface area contributed by atoms with Crippen LogP contribution in [0.4, 0.5) is 0 Å². The molecular weight excluding hydrogens is 509 g/mol. The highest BCUT2D eigenvalue weighted by Crippen LogP contribution is 2.21. The van der Waals surface area contributed by atoms with Gasteiger partial charge in [0.1, 0.15) is 0 Å². The van der Waals surface area contributed by atoms with Crippen LogP contribution in [0.25, 0.3) is 0 Å². The lowest BCUT2D eigenvalue weighted by atomic mass is 10.2. The summed E-state index contributed by atoms with van der Waals surface area (Å²) in [6.45, 7) is 0. The number of amides is 1. The molecule has 1 amide bonds. The quantitative estimate of drug-likeness (QED) is 0.199. The highest BCUT2D eigenvalue weighted by molar-refractivity contribution is 14.1. The van der Waals surface area contributed by atoms with Crippen LogP contribution in [-0.2, 0) is 0 Å². The maximum absolute atomic E-state index is 11.3. The van der Waals surface area contributed by atoms with Crippen LogP contribution in [0.3, 0.4) is 0 Å². The highest BCUT2D eigenvalue weighted by atomic mass is 127. The predicted octanol–water partition coefficient (Wildman–Crippen LogP) is 2.10. The van der Waals surface area contributed by atoms with Crippen LogP contribution in [0, 0.1) is 10.7 Å². The molecule has 1 aromatic carbocycles. The van der Waals surface area contributed by atoms with E-state index in [9.17, 15) is 4.79 Å². The number of nitrogens with two attached hydrogens (primary N) is 1. The van der Waals surface area contributed by atoms with Gasteiger partial charge in [0, 0.05) is 10.7 Å². The molecule has 0 radical (unpaired) electrons. The molecule has 0 bridgehead atoms. The smallest absolute Gasteiger partial charge is 0.266 e. The average molecular weight is 514 g/mol. The van der Waals surface area contributed by atoms with Gasteiger partial charge in [0.2, 0.25) is 0 Å². The molecule has 70 valence electrons. The summed E-state index contributed by atoms with van der Waals surface area (Å²) in [5, 5.41) is 0. The van der Waals surface area contributed by atoms with Crippen LogP contribution < -0.4 is 11.3 Å². The molecule has 13 heavy (non-hydrogen) atoms. The van der Waals surface area contributed by atoms with Crippen LogP contribution in [-0.4, -0.2) is 5.91 Å². The fourth-order valence-electron chi connectivity index (χ4n) is 0.774. The number of hydrogen-bond donors (Lipinski definition) is 2. The number of halogens is 3. The summed E-state index contributed by atoms with van der Waals surface area (Å²) in [4.78, 5) is 11.3. The molecule has 0 aromatic heterocycles. The number of hydrazine groups is 1. The van der Waals surface area contributed by atoms with Crippen LogP contribution in [0.2, 0.25) is 0 Å². The Morgan fingerprint density at radius 2 is 1.69 bits per heavy atom. The van der Waals surface area contributed by atoms with E-state index in [-0.39, 0.29) is 5.91 Å². The zero-order valence-corrected chi connectivity index (χ0v) is 12.7. The topological polar surface area (TPSA) is 55.1 Å². The van der Waals surface area contributed by atoms with Crippen LogP contribution in [0.15, 0.2) is 12.1 Å². The van der Waals surface area contributed by atoms with Gasteiger partial charge in [0.05, 0.1) is 5.56 Å². The first kappa shape index (κ1) is 11.9. The Hall–Kier alpha value is 0.840. The van der Waals surface area contributed by atoms with Crippen molar-refractivity contribution in [2.75, 3.05) is 0 Å². The second-order valence-corrected chi connectivity index (χ2v) is 5.71. The van der Waals surface area contributed by atoms with Crippen LogP contribution in [0.1, 0.15) is 10.4 Å². The lowest BCUT2D eigenvalue weighted by molar-refractivity contribution is 0.0952. The largest absolute Gasteiger partial charge is 0.290 e. The molecule has 0 saturated heterocycles. The van der Waals surface area contributed by atoms with Crippen molar-refractivity contribution < 1.29 is 4.79 Å². The monoisotopic (exact) mass is 514 g/mol. The van der Waals surface area contributed by atoms with Crippen molar-refractivity contribution in [2.45, 2.75) is 0 Å². The zero-order chi connectivity index (χ0) is 10.0. The Bertz CT molecular complexity index is 354. The van der Waals surface area contributed by atoms with Gasteiger partial charge in [-0.05, 0) is 79.9 Å². The van der Waals surface area contributed by atoms with Gasteiger partial charge in [-0.15, -0.1) is 0 Å². The number of hydrogen-bond acceptors (Lipinski definition) is 2. The first-order valence-corrected chi connectivity index (χ1v) is 6.45. The summed E-state index contributed by atoms with van der Waals surface area (Å²) < 4.78 is 3.10. The molecule has 0 unspecified atom stereocenters. The van der Waals surface area contributed by atoms with Gasteiger partial charge in [-0.3, -0.25) is 10.2 Å². The Kier molecular flexibility index (Phi) is 4.65. The second-order valence-electron chi connectivity index (χ2n) is 2.22. The molecule has 1 rings (SSSR count). The normalized spacial score (nSPS) is 9.85. The van der Waals surface area contributed by atoms with Crippen molar-refractivity contribution >= 4 is 73.7 Å². The molecule has 0 heterocycles. The predicted molar refractivity (Wildman–Crippen MR) is 76.2 cm³/mol. The van der Waals surface area contributed by atoms with E-state index in [0.29, 0.717) is 5.56 Å². The molecule has 0 spiro atoms. The zero-order valence-electron chi connectivity index (χ0n) is 6.27. The molecule has 3 nitrogen and oxygen atoms in total. The summed E-state index contributed by atoms with van der Waals surface area (Å²) >= 11 is 6.53. The maximum Gasteiger partial charge on any atom is 0.266 e. The Labute approximate surface area is 117 Å². The van der Waals surface area contributed by atoms with E-state index in [1.807, 2.05) is 12.1 Å². The summed E-state index contributed by atoms with van der Waals surface area (Å²) in [7, 11) is 0. The Morgan fingerprint density at radius 3 is 2.23 bits per heavy atom. The standard InChI is InChI=1S/C7H5I3N2O/c8-4-2-6(10)5(9)1-3(4)7(13)12-11/h1-2H,11H2,(H,12,13). The van der Waals surface area contributed by atoms with Gasteiger partial charge in [-0.1, -0.05) is 0 Å². The van der Waals surface area contributed by atoms with Gasteiger partial charge in [0.25, 0.3) is 5.91 Å².